The van der Waals surface area contributed by atoms with Crippen LogP contribution in [0.4, 0.5) is 5.69 Å². The molecule has 0 aromatic heterocycles. The van der Waals surface area contributed by atoms with E-state index in [9.17, 15) is 10.1 Å². The monoisotopic (exact) mass is 341 g/mol. The molecule has 4 nitrogen and oxygen atoms in total. The zero-order chi connectivity index (χ0) is 14.5. The molecule has 2 atom stereocenters. The largest absolute Gasteiger partial charge is 0.483 e. The number of nitro groups is 1. The SMILES string of the molecule is CCC1CCCCC1Oc1cc(CBr)ccc1[N+](=O)[O-]. The van der Waals surface area contributed by atoms with Crippen LogP contribution in [-0.4, -0.2) is 11.0 Å². The van der Waals surface area contributed by atoms with Gasteiger partial charge in [-0.15, -0.1) is 0 Å². The van der Waals surface area contributed by atoms with Gasteiger partial charge >= 0.3 is 5.69 Å². The van der Waals surface area contributed by atoms with Crippen molar-refractivity contribution in [1.82, 2.24) is 0 Å². The third-order valence-corrected chi connectivity index (χ3v) is 4.66. The molecule has 0 radical (unpaired) electrons. The Balaban J connectivity index is 2.23. The molecule has 20 heavy (non-hydrogen) atoms. The van der Waals surface area contributed by atoms with Crippen LogP contribution in [0.2, 0.25) is 0 Å². The fourth-order valence-electron chi connectivity index (χ4n) is 2.85. The molecule has 1 aromatic rings. The van der Waals surface area contributed by atoms with Crippen LogP contribution in [0.1, 0.15) is 44.6 Å². The summed E-state index contributed by atoms with van der Waals surface area (Å²) >= 11 is 3.38. The van der Waals surface area contributed by atoms with Gasteiger partial charge in [0, 0.05) is 11.4 Å². The van der Waals surface area contributed by atoms with Gasteiger partial charge in [0.1, 0.15) is 6.10 Å². The molecule has 0 bridgehead atoms. The summed E-state index contributed by atoms with van der Waals surface area (Å²) in [6.07, 6.45) is 5.71. The van der Waals surface area contributed by atoms with E-state index in [1.807, 2.05) is 0 Å². The lowest BCUT2D eigenvalue weighted by atomic mass is 9.85. The number of benzene rings is 1. The van der Waals surface area contributed by atoms with Gasteiger partial charge in [0.15, 0.2) is 5.75 Å². The Bertz CT molecular complexity index is 478. The number of nitrogens with zero attached hydrogens (tertiary/aromatic N) is 1. The van der Waals surface area contributed by atoms with Gasteiger partial charge in [-0.3, -0.25) is 10.1 Å². The average Bonchev–Trinajstić information content (AvgIpc) is 2.47. The van der Waals surface area contributed by atoms with Gasteiger partial charge in [-0.05, 0) is 43.2 Å². The lowest BCUT2D eigenvalue weighted by Crippen LogP contribution is -2.30. The van der Waals surface area contributed by atoms with Gasteiger partial charge in [0.2, 0.25) is 0 Å². The Morgan fingerprint density at radius 3 is 2.80 bits per heavy atom. The summed E-state index contributed by atoms with van der Waals surface area (Å²) in [5, 5.41) is 11.8. The third-order valence-electron chi connectivity index (χ3n) is 4.02. The lowest BCUT2D eigenvalue weighted by Gasteiger charge is -2.31. The van der Waals surface area contributed by atoms with Crippen molar-refractivity contribution in [3.05, 3.63) is 33.9 Å². The van der Waals surface area contributed by atoms with E-state index < -0.39 is 0 Å². The van der Waals surface area contributed by atoms with Crippen LogP contribution >= 0.6 is 15.9 Å². The second kappa shape index (κ2) is 7.07. The van der Waals surface area contributed by atoms with Gasteiger partial charge in [0.05, 0.1) is 4.92 Å². The highest BCUT2D eigenvalue weighted by atomic mass is 79.9. The quantitative estimate of drug-likeness (QED) is 0.437. The molecule has 1 fully saturated rings. The van der Waals surface area contributed by atoms with Crippen LogP contribution in [0, 0.1) is 16.0 Å². The average molecular weight is 342 g/mol. The fourth-order valence-corrected chi connectivity index (χ4v) is 3.19. The first-order valence-corrected chi connectivity index (χ1v) is 8.27. The number of rotatable bonds is 5. The highest BCUT2D eigenvalue weighted by Gasteiger charge is 2.27. The first kappa shape index (κ1) is 15.3. The summed E-state index contributed by atoms with van der Waals surface area (Å²) in [6.45, 7) is 2.16. The summed E-state index contributed by atoms with van der Waals surface area (Å²) in [4.78, 5) is 10.8. The van der Waals surface area contributed by atoms with Gasteiger partial charge in [-0.2, -0.15) is 0 Å². The molecule has 1 saturated carbocycles. The van der Waals surface area contributed by atoms with Crippen LogP contribution in [0.3, 0.4) is 0 Å². The summed E-state index contributed by atoms with van der Waals surface area (Å²) in [5.74, 6) is 0.924. The first-order chi connectivity index (χ1) is 9.65. The van der Waals surface area contributed by atoms with Gasteiger partial charge in [-0.1, -0.05) is 35.3 Å². The van der Waals surface area contributed by atoms with E-state index >= 15 is 0 Å². The number of hydrogen-bond acceptors (Lipinski definition) is 3. The van der Waals surface area contributed by atoms with Gasteiger partial charge in [0.25, 0.3) is 0 Å². The van der Waals surface area contributed by atoms with Crippen molar-refractivity contribution in [3.8, 4) is 5.75 Å². The zero-order valence-corrected chi connectivity index (χ0v) is 13.3. The maximum Gasteiger partial charge on any atom is 0.310 e. The Kier molecular flexibility index (Phi) is 5.40. The van der Waals surface area contributed by atoms with E-state index in [4.69, 9.17) is 4.74 Å². The van der Waals surface area contributed by atoms with Gasteiger partial charge in [-0.25, -0.2) is 0 Å². The van der Waals surface area contributed by atoms with E-state index in [0.717, 1.165) is 31.2 Å². The Morgan fingerprint density at radius 1 is 1.40 bits per heavy atom. The normalized spacial score (nSPS) is 22.5. The minimum Gasteiger partial charge on any atom is -0.483 e. The maximum absolute atomic E-state index is 11.1. The molecule has 0 spiro atoms. The van der Waals surface area contributed by atoms with Crippen molar-refractivity contribution in [2.24, 2.45) is 5.92 Å². The number of nitro benzene ring substituents is 1. The molecule has 0 aliphatic heterocycles. The topological polar surface area (TPSA) is 52.4 Å². The number of alkyl halides is 1. The smallest absolute Gasteiger partial charge is 0.310 e. The Labute approximate surface area is 127 Å². The second-order valence-electron chi connectivity index (χ2n) is 5.30. The molecule has 0 saturated heterocycles. The molecular formula is C15H20BrNO3. The molecule has 0 amide bonds. The molecule has 0 N–H and O–H groups in total. The van der Waals surface area contributed by atoms with Gasteiger partial charge < -0.3 is 4.74 Å². The van der Waals surface area contributed by atoms with E-state index in [1.165, 1.54) is 12.5 Å². The van der Waals surface area contributed by atoms with E-state index in [0.29, 0.717) is 17.0 Å². The molecule has 110 valence electrons. The molecule has 1 aliphatic rings. The number of halogens is 1. The van der Waals surface area contributed by atoms with Crippen LogP contribution < -0.4 is 4.74 Å². The third kappa shape index (κ3) is 3.51. The molecule has 0 heterocycles. The highest BCUT2D eigenvalue weighted by Crippen LogP contribution is 2.35. The summed E-state index contributed by atoms with van der Waals surface area (Å²) in [5.41, 5.74) is 1.06. The van der Waals surface area contributed by atoms with Crippen molar-refractivity contribution in [2.45, 2.75) is 50.5 Å². The predicted molar refractivity (Wildman–Crippen MR) is 82.4 cm³/mol. The van der Waals surface area contributed by atoms with Crippen molar-refractivity contribution < 1.29 is 9.66 Å². The van der Waals surface area contributed by atoms with Crippen molar-refractivity contribution in [3.63, 3.8) is 0 Å². The molecular weight excluding hydrogens is 322 g/mol. The second-order valence-corrected chi connectivity index (χ2v) is 5.86. The minimum atomic E-state index is -0.364. The standard InChI is InChI=1S/C15H20BrNO3/c1-2-12-5-3-4-6-14(12)20-15-9-11(10-16)7-8-13(15)17(18)19/h7-9,12,14H,2-6,10H2,1H3. The van der Waals surface area contributed by atoms with Crippen LogP contribution in [0.5, 0.6) is 5.75 Å². The fraction of sp³-hybridized carbons (Fsp3) is 0.600. The van der Waals surface area contributed by atoms with Crippen LogP contribution in [0.25, 0.3) is 0 Å². The summed E-state index contributed by atoms with van der Waals surface area (Å²) in [6, 6.07) is 5.09. The van der Waals surface area contributed by atoms with E-state index in [-0.39, 0.29) is 16.7 Å². The van der Waals surface area contributed by atoms with Crippen LogP contribution in [-0.2, 0) is 5.33 Å². The summed E-state index contributed by atoms with van der Waals surface area (Å²) in [7, 11) is 0. The lowest BCUT2D eigenvalue weighted by molar-refractivity contribution is -0.386. The first-order valence-electron chi connectivity index (χ1n) is 7.15. The minimum absolute atomic E-state index is 0.0649. The van der Waals surface area contributed by atoms with Crippen molar-refractivity contribution in [1.29, 1.82) is 0 Å². The zero-order valence-electron chi connectivity index (χ0n) is 11.7. The maximum atomic E-state index is 11.1. The van der Waals surface area contributed by atoms with Crippen molar-refractivity contribution in [2.75, 3.05) is 0 Å². The van der Waals surface area contributed by atoms with Crippen molar-refractivity contribution >= 4 is 21.6 Å². The van der Waals surface area contributed by atoms with E-state index in [2.05, 4.69) is 22.9 Å². The Hall–Kier alpha value is -1.10. The molecule has 1 aromatic carbocycles. The molecule has 2 unspecified atom stereocenters. The predicted octanol–water partition coefficient (Wildman–Crippen LogP) is 4.84. The molecule has 5 heteroatoms. The molecule has 2 rings (SSSR count). The number of hydrogen-bond donors (Lipinski definition) is 0. The highest BCUT2D eigenvalue weighted by molar-refractivity contribution is 9.08. The Morgan fingerprint density at radius 2 is 2.15 bits per heavy atom. The number of ether oxygens (including phenoxy) is 1. The van der Waals surface area contributed by atoms with E-state index in [1.54, 1.807) is 12.1 Å². The molecule has 1 aliphatic carbocycles. The van der Waals surface area contributed by atoms with Crippen LogP contribution in [0.15, 0.2) is 18.2 Å². The summed E-state index contributed by atoms with van der Waals surface area (Å²) < 4.78 is 6.03.